The number of halogens is 1. The number of likely N-dealkylation sites (tertiary alicyclic amines) is 1. The first-order valence-corrected chi connectivity index (χ1v) is 6.97. The summed E-state index contributed by atoms with van der Waals surface area (Å²) in [6, 6.07) is 0. The fourth-order valence-electron chi connectivity index (χ4n) is 1.88. The number of ether oxygens (including phenoxy) is 1. The van der Waals surface area contributed by atoms with E-state index < -0.39 is 0 Å². The zero-order chi connectivity index (χ0) is 13.7. The average Bonchev–Trinajstić information content (AvgIpc) is 2.64. The Labute approximate surface area is 108 Å². The molecule has 1 heterocycles. The van der Waals surface area contributed by atoms with Crippen LogP contribution in [0, 0.1) is 0 Å². The van der Waals surface area contributed by atoms with Crippen molar-refractivity contribution in [2.45, 2.75) is 59.9 Å². The Hall–Kier alpha value is -0.150. The fourth-order valence-corrected chi connectivity index (χ4v) is 1.88. The summed E-state index contributed by atoms with van der Waals surface area (Å²) in [7, 11) is 0. The second-order valence-corrected chi connectivity index (χ2v) is 4.37. The lowest BCUT2D eigenvalue weighted by Crippen LogP contribution is -2.39. The molecule has 2 nitrogen and oxygen atoms in total. The average molecular weight is 249 g/mol. The molecule has 0 aromatic heterocycles. The number of nitrogens with zero attached hydrogens (tertiary/aromatic N) is 1. The van der Waals surface area contributed by atoms with E-state index in [0.717, 1.165) is 19.8 Å². The molecular formula is C14H32FNO. The molecule has 17 heavy (non-hydrogen) atoms. The van der Waals surface area contributed by atoms with Gasteiger partial charge in [0, 0.05) is 25.3 Å². The van der Waals surface area contributed by atoms with Crippen LogP contribution in [0.4, 0.5) is 4.39 Å². The zero-order valence-electron chi connectivity index (χ0n) is 12.7. The van der Waals surface area contributed by atoms with Crippen LogP contribution in [0.5, 0.6) is 0 Å². The van der Waals surface area contributed by atoms with Gasteiger partial charge < -0.3 is 4.74 Å². The van der Waals surface area contributed by atoms with Crippen molar-refractivity contribution in [1.29, 1.82) is 0 Å². The molecule has 3 heteroatoms. The van der Waals surface area contributed by atoms with Crippen molar-refractivity contribution in [2.75, 3.05) is 33.0 Å². The Morgan fingerprint density at radius 1 is 1.18 bits per heavy atom. The summed E-state index contributed by atoms with van der Waals surface area (Å²) in [6.07, 6.45) is 2.44. The van der Waals surface area contributed by atoms with Crippen molar-refractivity contribution < 1.29 is 9.13 Å². The molecule has 0 amide bonds. The molecule has 1 aliphatic heterocycles. The van der Waals surface area contributed by atoms with Crippen molar-refractivity contribution in [3.8, 4) is 0 Å². The van der Waals surface area contributed by atoms with Gasteiger partial charge in [-0.2, -0.15) is 0 Å². The standard InChI is InChI=1S/C8H16FN.C4H10O.C2H6/c1-8(2)4-3-6-10(8)7-5-9;1-3-5-4-2;1-2/h3-7H2,1-2H3;3-4H2,1-2H3;1-2H3. The van der Waals surface area contributed by atoms with Gasteiger partial charge >= 0.3 is 0 Å². The summed E-state index contributed by atoms with van der Waals surface area (Å²) in [5.41, 5.74) is 0.256. The molecule has 0 saturated carbocycles. The lowest BCUT2D eigenvalue weighted by Gasteiger charge is -2.30. The highest BCUT2D eigenvalue weighted by atomic mass is 19.1. The van der Waals surface area contributed by atoms with Crippen LogP contribution < -0.4 is 0 Å². The van der Waals surface area contributed by atoms with Crippen LogP contribution in [-0.4, -0.2) is 43.4 Å². The van der Waals surface area contributed by atoms with E-state index in [0.29, 0.717) is 6.54 Å². The molecule has 0 spiro atoms. The Morgan fingerprint density at radius 3 is 1.94 bits per heavy atom. The molecule has 0 aromatic rings. The minimum absolute atomic E-state index is 0.205. The summed E-state index contributed by atoms with van der Waals surface area (Å²) < 4.78 is 16.8. The van der Waals surface area contributed by atoms with Crippen LogP contribution in [0.2, 0.25) is 0 Å². The quantitative estimate of drug-likeness (QED) is 0.749. The number of hydrogen-bond acceptors (Lipinski definition) is 2. The SMILES string of the molecule is CC.CC1(C)CCCN1CCF.CCOCC. The first kappa shape index (κ1) is 19.2. The molecule has 0 unspecified atom stereocenters. The van der Waals surface area contributed by atoms with E-state index in [9.17, 15) is 4.39 Å². The van der Waals surface area contributed by atoms with Crippen LogP contribution in [0.1, 0.15) is 54.4 Å². The predicted molar refractivity (Wildman–Crippen MR) is 74.4 cm³/mol. The third-order valence-electron chi connectivity index (χ3n) is 2.84. The molecule has 0 atom stereocenters. The molecule has 0 bridgehead atoms. The summed E-state index contributed by atoms with van der Waals surface area (Å²) in [5, 5.41) is 0. The van der Waals surface area contributed by atoms with Crippen LogP contribution in [0.3, 0.4) is 0 Å². The number of alkyl halides is 1. The van der Waals surface area contributed by atoms with Gasteiger partial charge in [0.05, 0.1) is 0 Å². The minimum atomic E-state index is -0.205. The molecule has 0 radical (unpaired) electrons. The molecule has 1 aliphatic rings. The van der Waals surface area contributed by atoms with Crippen LogP contribution in [-0.2, 0) is 4.74 Å². The first-order chi connectivity index (χ1) is 8.08. The maximum absolute atomic E-state index is 11.9. The summed E-state index contributed by atoms with van der Waals surface area (Å²) >= 11 is 0. The lowest BCUT2D eigenvalue weighted by molar-refractivity contribution is 0.162. The van der Waals surface area contributed by atoms with Gasteiger partial charge in [-0.05, 0) is 47.1 Å². The van der Waals surface area contributed by atoms with Gasteiger partial charge in [-0.15, -0.1) is 0 Å². The first-order valence-electron chi connectivity index (χ1n) is 6.97. The normalized spacial score (nSPS) is 17.8. The summed E-state index contributed by atoms with van der Waals surface area (Å²) in [4.78, 5) is 2.23. The third-order valence-corrected chi connectivity index (χ3v) is 2.84. The van der Waals surface area contributed by atoms with Crippen LogP contribution in [0.15, 0.2) is 0 Å². The molecule has 106 valence electrons. The number of rotatable bonds is 4. The molecule has 1 fully saturated rings. The van der Waals surface area contributed by atoms with Crippen molar-refractivity contribution in [3.05, 3.63) is 0 Å². The van der Waals surface area contributed by atoms with E-state index in [1.807, 2.05) is 27.7 Å². The topological polar surface area (TPSA) is 12.5 Å². The Morgan fingerprint density at radius 2 is 1.71 bits per heavy atom. The Balaban J connectivity index is 0. The van der Waals surface area contributed by atoms with E-state index >= 15 is 0 Å². The number of hydrogen-bond donors (Lipinski definition) is 0. The van der Waals surface area contributed by atoms with E-state index in [4.69, 9.17) is 4.74 Å². The maximum atomic E-state index is 11.9. The highest BCUT2D eigenvalue weighted by Crippen LogP contribution is 2.27. The van der Waals surface area contributed by atoms with Crippen molar-refractivity contribution >= 4 is 0 Å². The highest BCUT2D eigenvalue weighted by molar-refractivity contribution is 4.87. The van der Waals surface area contributed by atoms with Gasteiger partial charge in [0.2, 0.25) is 0 Å². The largest absolute Gasteiger partial charge is 0.382 e. The third kappa shape index (κ3) is 9.54. The van der Waals surface area contributed by atoms with Gasteiger partial charge in [-0.3, -0.25) is 4.90 Å². The van der Waals surface area contributed by atoms with E-state index in [1.165, 1.54) is 12.8 Å². The van der Waals surface area contributed by atoms with Crippen molar-refractivity contribution in [1.82, 2.24) is 4.90 Å². The second kappa shape index (κ2) is 12.3. The second-order valence-electron chi connectivity index (χ2n) is 4.37. The van der Waals surface area contributed by atoms with Crippen molar-refractivity contribution in [3.63, 3.8) is 0 Å². The Kier molecular flexibility index (Phi) is 13.9. The predicted octanol–water partition coefficient (Wildman–Crippen LogP) is 3.90. The van der Waals surface area contributed by atoms with E-state index in [1.54, 1.807) is 0 Å². The molecule has 1 saturated heterocycles. The molecule has 0 aromatic carbocycles. The fraction of sp³-hybridized carbons (Fsp3) is 1.00. The van der Waals surface area contributed by atoms with E-state index in [2.05, 4.69) is 18.7 Å². The Bertz CT molecular complexity index is 149. The van der Waals surface area contributed by atoms with Gasteiger partial charge in [-0.25, -0.2) is 4.39 Å². The van der Waals surface area contributed by atoms with Crippen LogP contribution in [0.25, 0.3) is 0 Å². The van der Waals surface area contributed by atoms with Gasteiger partial charge in [0.1, 0.15) is 6.67 Å². The summed E-state index contributed by atoms with van der Waals surface area (Å²) in [6.45, 7) is 15.5. The zero-order valence-corrected chi connectivity index (χ0v) is 12.7. The van der Waals surface area contributed by atoms with Gasteiger partial charge in [0.25, 0.3) is 0 Å². The smallest absolute Gasteiger partial charge is 0.102 e. The highest BCUT2D eigenvalue weighted by Gasteiger charge is 2.30. The maximum Gasteiger partial charge on any atom is 0.102 e. The molecule has 0 aliphatic carbocycles. The minimum Gasteiger partial charge on any atom is -0.382 e. The molecular weight excluding hydrogens is 217 g/mol. The van der Waals surface area contributed by atoms with Crippen LogP contribution >= 0.6 is 0 Å². The summed E-state index contributed by atoms with van der Waals surface area (Å²) in [5.74, 6) is 0. The monoisotopic (exact) mass is 249 g/mol. The van der Waals surface area contributed by atoms with Gasteiger partial charge in [0.15, 0.2) is 0 Å². The lowest BCUT2D eigenvalue weighted by atomic mass is 10.0. The van der Waals surface area contributed by atoms with Crippen molar-refractivity contribution in [2.24, 2.45) is 0 Å². The molecule has 0 N–H and O–H groups in total. The molecule has 1 rings (SSSR count). The van der Waals surface area contributed by atoms with E-state index in [-0.39, 0.29) is 12.2 Å². The van der Waals surface area contributed by atoms with Gasteiger partial charge in [-0.1, -0.05) is 13.8 Å².